The van der Waals surface area contributed by atoms with Crippen LogP contribution in [0.4, 0.5) is 0 Å². The summed E-state index contributed by atoms with van der Waals surface area (Å²) in [6.07, 6.45) is 7.44. The van der Waals surface area contributed by atoms with Gasteiger partial charge in [0.1, 0.15) is 6.04 Å². The van der Waals surface area contributed by atoms with E-state index in [9.17, 15) is 9.59 Å². The SMILES string of the molecule is N[C@@H](CO)C(=O)N1CCC2(CCC(=O)N(CCc3cnc[nH]3)C2)CC1. The molecule has 2 aliphatic rings. The van der Waals surface area contributed by atoms with E-state index < -0.39 is 6.04 Å². The fourth-order valence-corrected chi connectivity index (χ4v) is 3.91. The molecule has 3 heterocycles. The molecule has 8 nitrogen and oxygen atoms in total. The van der Waals surface area contributed by atoms with E-state index in [0.717, 1.165) is 37.9 Å². The zero-order valence-corrected chi connectivity index (χ0v) is 14.5. The number of aliphatic hydroxyl groups is 1. The van der Waals surface area contributed by atoms with Crippen LogP contribution in [0.3, 0.4) is 0 Å². The fraction of sp³-hybridized carbons (Fsp3) is 0.706. The number of carbonyl (C=O) groups excluding carboxylic acids is 2. The number of carbonyl (C=O) groups is 2. The summed E-state index contributed by atoms with van der Waals surface area (Å²) in [7, 11) is 0. The Labute approximate surface area is 147 Å². The summed E-state index contributed by atoms with van der Waals surface area (Å²) >= 11 is 0. The first kappa shape index (κ1) is 17.9. The molecular weight excluding hydrogens is 322 g/mol. The minimum absolute atomic E-state index is 0.0992. The summed E-state index contributed by atoms with van der Waals surface area (Å²) < 4.78 is 0. The molecule has 4 N–H and O–H groups in total. The highest BCUT2D eigenvalue weighted by Gasteiger charge is 2.41. The lowest BCUT2D eigenvalue weighted by atomic mass is 9.72. The first-order valence-corrected chi connectivity index (χ1v) is 8.93. The van der Waals surface area contributed by atoms with Gasteiger partial charge in [-0.3, -0.25) is 9.59 Å². The summed E-state index contributed by atoms with van der Waals surface area (Å²) in [5.74, 6) is 0.0336. The average Bonchev–Trinajstić information content (AvgIpc) is 3.15. The van der Waals surface area contributed by atoms with Gasteiger partial charge in [0, 0.05) is 50.9 Å². The Balaban J connectivity index is 1.56. The highest BCUT2D eigenvalue weighted by molar-refractivity contribution is 5.82. The van der Waals surface area contributed by atoms with Crippen LogP contribution in [0.15, 0.2) is 12.5 Å². The van der Waals surface area contributed by atoms with E-state index in [4.69, 9.17) is 10.8 Å². The van der Waals surface area contributed by atoms with E-state index in [1.807, 2.05) is 4.90 Å². The van der Waals surface area contributed by atoms with Gasteiger partial charge in [0.15, 0.2) is 0 Å². The van der Waals surface area contributed by atoms with Gasteiger partial charge in [-0.05, 0) is 24.7 Å². The Morgan fingerprint density at radius 2 is 2.16 bits per heavy atom. The molecule has 1 spiro atoms. The Bertz CT molecular complexity index is 595. The Hall–Kier alpha value is -1.93. The molecule has 0 bridgehead atoms. The first-order chi connectivity index (χ1) is 12.0. The van der Waals surface area contributed by atoms with Gasteiger partial charge >= 0.3 is 0 Å². The van der Waals surface area contributed by atoms with E-state index >= 15 is 0 Å². The van der Waals surface area contributed by atoms with Crippen LogP contribution < -0.4 is 5.73 Å². The average molecular weight is 349 g/mol. The van der Waals surface area contributed by atoms with Gasteiger partial charge in [-0.25, -0.2) is 4.98 Å². The molecule has 1 aromatic rings. The van der Waals surface area contributed by atoms with Crippen molar-refractivity contribution >= 4 is 11.8 Å². The number of amides is 2. The number of likely N-dealkylation sites (tertiary alicyclic amines) is 2. The predicted octanol–water partition coefficient (Wildman–Crippen LogP) is -0.497. The van der Waals surface area contributed by atoms with Crippen molar-refractivity contribution in [3.05, 3.63) is 18.2 Å². The molecule has 0 unspecified atom stereocenters. The minimum Gasteiger partial charge on any atom is -0.394 e. The Morgan fingerprint density at radius 1 is 1.40 bits per heavy atom. The van der Waals surface area contributed by atoms with Crippen molar-refractivity contribution in [3.8, 4) is 0 Å². The Kier molecular flexibility index (Phi) is 5.39. The lowest BCUT2D eigenvalue weighted by Crippen LogP contribution is -2.55. The topological polar surface area (TPSA) is 116 Å². The molecule has 2 amide bonds. The number of aliphatic hydroxyl groups excluding tert-OH is 1. The molecule has 0 aliphatic carbocycles. The van der Waals surface area contributed by atoms with Crippen LogP contribution in [0.1, 0.15) is 31.4 Å². The maximum Gasteiger partial charge on any atom is 0.241 e. The van der Waals surface area contributed by atoms with E-state index in [2.05, 4.69) is 9.97 Å². The lowest BCUT2D eigenvalue weighted by molar-refractivity contribution is -0.143. The smallest absolute Gasteiger partial charge is 0.241 e. The molecule has 2 fully saturated rings. The van der Waals surface area contributed by atoms with Crippen LogP contribution in [0, 0.1) is 5.41 Å². The van der Waals surface area contributed by atoms with Crippen molar-refractivity contribution in [1.29, 1.82) is 0 Å². The van der Waals surface area contributed by atoms with Crippen LogP contribution >= 0.6 is 0 Å². The maximum atomic E-state index is 12.3. The van der Waals surface area contributed by atoms with Crippen LogP contribution in [-0.2, 0) is 16.0 Å². The summed E-state index contributed by atoms with van der Waals surface area (Å²) in [5.41, 5.74) is 6.77. The third-order valence-electron chi connectivity index (χ3n) is 5.60. The number of nitrogens with two attached hydrogens (primary N) is 1. The second-order valence-electron chi connectivity index (χ2n) is 7.26. The number of hydrogen-bond donors (Lipinski definition) is 3. The molecule has 138 valence electrons. The highest BCUT2D eigenvalue weighted by atomic mass is 16.3. The van der Waals surface area contributed by atoms with Gasteiger partial charge in [0.2, 0.25) is 11.8 Å². The van der Waals surface area contributed by atoms with Gasteiger partial charge in [-0.15, -0.1) is 0 Å². The van der Waals surface area contributed by atoms with Crippen molar-refractivity contribution < 1.29 is 14.7 Å². The molecule has 0 saturated carbocycles. The molecule has 0 radical (unpaired) electrons. The standard InChI is InChI=1S/C17H27N5O3/c18-14(10-23)16(25)21-7-4-17(5-8-21)3-1-15(24)22(11-17)6-2-13-9-19-12-20-13/h9,12,14,23H,1-8,10-11,18H2,(H,19,20)/t14-/m0/s1. The monoisotopic (exact) mass is 349 g/mol. The number of aromatic amines is 1. The summed E-state index contributed by atoms with van der Waals surface area (Å²) in [5, 5.41) is 9.06. The molecule has 2 aliphatic heterocycles. The molecule has 25 heavy (non-hydrogen) atoms. The van der Waals surface area contributed by atoms with E-state index in [1.165, 1.54) is 0 Å². The van der Waals surface area contributed by atoms with Gasteiger partial charge in [0.25, 0.3) is 0 Å². The number of imidazole rings is 1. The maximum absolute atomic E-state index is 12.3. The minimum atomic E-state index is -0.826. The molecule has 8 heteroatoms. The molecule has 0 aromatic carbocycles. The summed E-state index contributed by atoms with van der Waals surface area (Å²) in [4.78, 5) is 35.2. The van der Waals surface area contributed by atoms with Crippen molar-refractivity contribution in [2.75, 3.05) is 32.8 Å². The first-order valence-electron chi connectivity index (χ1n) is 8.93. The van der Waals surface area contributed by atoms with Crippen LogP contribution in [0.25, 0.3) is 0 Å². The molecular formula is C17H27N5O3. The number of nitrogens with one attached hydrogen (secondary N) is 1. The zero-order valence-electron chi connectivity index (χ0n) is 14.5. The predicted molar refractivity (Wildman–Crippen MR) is 91.4 cm³/mol. The van der Waals surface area contributed by atoms with E-state index in [0.29, 0.717) is 26.1 Å². The van der Waals surface area contributed by atoms with E-state index in [1.54, 1.807) is 17.4 Å². The number of hydrogen-bond acceptors (Lipinski definition) is 5. The largest absolute Gasteiger partial charge is 0.394 e. The van der Waals surface area contributed by atoms with Gasteiger partial charge < -0.3 is 25.6 Å². The number of H-pyrrole nitrogens is 1. The van der Waals surface area contributed by atoms with Gasteiger partial charge in [-0.2, -0.15) is 0 Å². The van der Waals surface area contributed by atoms with Crippen LogP contribution in [0.2, 0.25) is 0 Å². The second-order valence-corrected chi connectivity index (χ2v) is 7.26. The van der Waals surface area contributed by atoms with E-state index in [-0.39, 0.29) is 23.8 Å². The third-order valence-corrected chi connectivity index (χ3v) is 5.60. The summed E-state index contributed by atoms with van der Waals surface area (Å²) in [6, 6.07) is -0.826. The van der Waals surface area contributed by atoms with Crippen molar-refractivity contribution in [2.45, 2.75) is 38.1 Å². The molecule has 2 saturated heterocycles. The van der Waals surface area contributed by atoms with Crippen LogP contribution in [-0.4, -0.2) is 75.5 Å². The normalized spacial score (nSPS) is 21.6. The second kappa shape index (κ2) is 7.53. The van der Waals surface area contributed by atoms with Crippen molar-refractivity contribution in [3.63, 3.8) is 0 Å². The highest BCUT2D eigenvalue weighted by Crippen LogP contribution is 2.40. The molecule has 1 aromatic heterocycles. The van der Waals surface area contributed by atoms with Crippen LogP contribution in [0.5, 0.6) is 0 Å². The number of rotatable bonds is 5. The van der Waals surface area contributed by atoms with Crippen molar-refractivity contribution in [1.82, 2.24) is 19.8 Å². The van der Waals surface area contributed by atoms with Gasteiger partial charge in [-0.1, -0.05) is 0 Å². The third kappa shape index (κ3) is 4.01. The Morgan fingerprint density at radius 3 is 2.80 bits per heavy atom. The zero-order chi connectivity index (χ0) is 17.9. The number of aromatic nitrogens is 2. The number of piperidine rings is 2. The lowest BCUT2D eigenvalue weighted by Gasteiger charge is -2.47. The van der Waals surface area contributed by atoms with Crippen molar-refractivity contribution in [2.24, 2.45) is 11.1 Å². The molecule has 1 atom stereocenters. The summed E-state index contributed by atoms with van der Waals surface area (Å²) in [6.45, 7) is 2.43. The van der Waals surface area contributed by atoms with Gasteiger partial charge in [0.05, 0.1) is 12.9 Å². The number of nitrogens with zero attached hydrogens (tertiary/aromatic N) is 3. The fourth-order valence-electron chi connectivity index (χ4n) is 3.91. The molecule has 3 rings (SSSR count). The quantitative estimate of drug-likeness (QED) is 0.663.